The highest BCUT2D eigenvalue weighted by Gasteiger charge is 2.15. The normalized spacial score (nSPS) is 18.9. The Morgan fingerprint density at radius 1 is 1.50 bits per heavy atom. The molecule has 0 radical (unpaired) electrons. The molecule has 2 aromatic rings. The molecule has 0 bridgehead atoms. The number of para-hydroxylation sites is 1. The van der Waals surface area contributed by atoms with Crippen molar-refractivity contribution in [2.75, 3.05) is 13.2 Å². The number of nitrogens with zero attached hydrogens (tertiary/aromatic N) is 1. The van der Waals surface area contributed by atoms with Crippen molar-refractivity contribution in [2.45, 2.75) is 18.9 Å². The van der Waals surface area contributed by atoms with Crippen LogP contribution in [0.1, 0.15) is 17.8 Å². The first-order valence-corrected chi connectivity index (χ1v) is 7.56. The lowest BCUT2D eigenvalue weighted by atomic mass is 10.2. The Kier molecular flexibility index (Phi) is 4.08. The highest BCUT2D eigenvalue weighted by atomic mass is 32.1. The van der Waals surface area contributed by atoms with Crippen LogP contribution in [0.5, 0.6) is 0 Å². The van der Waals surface area contributed by atoms with Crippen molar-refractivity contribution in [3.05, 3.63) is 35.3 Å². The third-order valence-corrected chi connectivity index (χ3v) is 4.22. The molecule has 1 unspecified atom stereocenters. The van der Waals surface area contributed by atoms with Crippen molar-refractivity contribution in [3.63, 3.8) is 0 Å². The van der Waals surface area contributed by atoms with E-state index in [9.17, 15) is 4.79 Å². The molecular formula is C15H16N2O2S. The second-order valence-electron chi connectivity index (χ2n) is 4.73. The minimum absolute atomic E-state index is 0.0974. The fourth-order valence-corrected chi connectivity index (χ4v) is 3.06. The largest absolute Gasteiger partial charge is 0.376 e. The molecule has 0 aliphatic carbocycles. The van der Waals surface area contributed by atoms with Gasteiger partial charge in [0.1, 0.15) is 5.01 Å². The lowest BCUT2D eigenvalue weighted by Crippen LogP contribution is -2.30. The molecule has 1 aromatic heterocycles. The molecule has 5 heteroatoms. The Morgan fingerprint density at radius 2 is 2.40 bits per heavy atom. The maximum Gasteiger partial charge on any atom is 0.244 e. The molecule has 1 aliphatic rings. The first kappa shape index (κ1) is 13.3. The van der Waals surface area contributed by atoms with Crippen LogP contribution in [0.3, 0.4) is 0 Å². The Balaban J connectivity index is 1.56. The number of aromatic nitrogens is 1. The van der Waals surface area contributed by atoms with E-state index in [4.69, 9.17) is 4.74 Å². The summed E-state index contributed by atoms with van der Waals surface area (Å²) in [5.74, 6) is -0.0974. The number of amides is 1. The zero-order valence-corrected chi connectivity index (χ0v) is 11.9. The quantitative estimate of drug-likeness (QED) is 0.880. The molecular weight excluding hydrogens is 272 g/mol. The summed E-state index contributed by atoms with van der Waals surface area (Å²) in [5, 5.41) is 3.70. The van der Waals surface area contributed by atoms with Gasteiger partial charge in [0.2, 0.25) is 5.91 Å². The number of ether oxygens (including phenoxy) is 1. The van der Waals surface area contributed by atoms with Gasteiger partial charge in [-0.25, -0.2) is 4.98 Å². The molecule has 3 rings (SSSR count). The fourth-order valence-electron chi connectivity index (χ4n) is 2.19. The van der Waals surface area contributed by atoms with Gasteiger partial charge in [-0.1, -0.05) is 12.1 Å². The van der Waals surface area contributed by atoms with Crippen molar-refractivity contribution < 1.29 is 9.53 Å². The van der Waals surface area contributed by atoms with Crippen LogP contribution in [-0.2, 0) is 9.53 Å². The molecule has 1 aromatic carbocycles. The predicted molar refractivity (Wildman–Crippen MR) is 80.6 cm³/mol. The van der Waals surface area contributed by atoms with Crippen LogP contribution in [-0.4, -0.2) is 30.1 Å². The number of benzene rings is 1. The summed E-state index contributed by atoms with van der Waals surface area (Å²) >= 11 is 1.58. The Labute approximate surface area is 121 Å². The van der Waals surface area contributed by atoms with Gasteiger partial charge in [-0.3, -0.25) is 4.79 Å². The van der Waals surface area contributed by atoms with Crippen molar-refractivity contribution in [2.24, 2.45) is 0 Å². The van der Waals surface area contributed by atoms with E-state index in [0.717, 1.165) is 34.7 Å². The standard InChI is InChI=1S/C15H16N2O2S/c18-14(16-10-11-4-3-9-19-11)7-8-15-17-12-5-1-2-6-13(12)20-15/h1-2,5-8,11H,3-4,9-10H2,(H,16,18). The third kappa shape index (κ3) is 3.23. The average Bonchev–Trinajstić information content (AvgIpc) is 3.11. The van der Waals surface area contributed by atoms with Gasteiger partial charge in [-0.15, -0.1) is 11.3 Å². The van der Waals surface area contributed by atoms with Crippen molar-refractivity contribution >= 4 is 33.5 Å². The molecule has 1 aliphatic heterocycles. The van der Waals surface area contributed by atoms with Gasteiger partial charge >= 0.3 is 0 Å². The molecule has 20 heavy (non-hydrogen) atoms. The van der Waals surface area contributed by atoms with E-state index < -0.39 is 0 Å². The number of hydrogen-bond donors (Lipinski definition) is 1. The summed E-state index contributed by atoms with van der Waals surface area (Å²) in [6, 6.07) is 7.95. The van der Waals surface area contributed by atoms with Crippen LogP contribution in [0.4, 0.5) is 0 Å². The van der Waals surface area contributed by atoms with Crippen molar-refractivity contribution in [1.29, 1.82) is 0 Å². The van der Waals surface area contributed by atoms with E-state index in [-0.39, 0.29) is 12.0 Å². The SMILES string of the molecule is O=C(C=Cc1nc2ccccc2s1)NCC1CCCO1. The third-order valence-electron chi connectivity index (χ3n) is 3.22. The molecule has 1 N–H and O–H groups in total. The molecule has 1 fully saturated rings. The monoisotopic (exact) mass is 288 g/mol. The minimum atomic E-state index is -0.0974. The number of fused-ring (bicyclic) bond motifs is 1. The molecule has 104 valence electrons. The minimum Gasteiger partial charge on any atom is -0.376 e. The van der Waals surface area contributed by atoms with Crippen LogP contribution in [0.2, 0.25) is 0 Å². The molecule has 2 heterocycles. The first-order chi connectivity index (χ1) is 9.81. The Bertz CT molecular complexity index is 597. The van der Waals surface area contributed by atoms with Crippen LogP contribution in [0.25, 0.3) is 16.3 Å². The summed E-state index contributed by atoms with van der Waals surface area (Å²) in [6.45, 7) is 1.39. The zero-order valence-electron chi connectivity index (χ0n) is 11.0. The average molecular weight is 288 g/mol. The lowest BCUT2D eigenvalue weighted by molar-refractivity contribution is -0.116. The van der Waals surface area contributed by atoms with Gasteiger partial charge in [0.25, 0.3) is 0 Å². The van der Waals surface area contributed by atoms with Crippen LogP contribution >= 0.6 is 11.3 Å². The maximum atomic E-state index is 11.7. The van der Waals surface area contributed by atoms with E-state index in [2.05, 4.69) is 10.3 Å². The van der Waals surface area contributed by atoms with Crippen LogP contribution < -0.4 is 5.32 Å². The van der Waals surface area contributed by atoms with Gasteiger partial charge in [0.15, 0.2) is 0 Å². The van der Waals surface area contributed by atoms with E-state index in [1.807, 2.05) is 24.3 Å². The summed E-state index contributed by atoms with van der Waals surface area (Å²) < 4.78 is 6.59. The summed E-state index contributed by atoms with van der Waals surface area (Å²) in [5.41, 5.74) is 0.969. The smallest absolute Gasteiger partial charge is 0.244 e. The lowest BCUT2D eigenvalue weighted by Gasteiger charge is -2.08. The topological polar surface area (TPSA) is 51.2 Å². The van der Waals surface area contributed by atoms with Crippen molar-refractivity contribution in [1.82, 2.24) is 10.3 Å². The summed E-state index contributed by atoms with van der Waals surface area (Å²) in [7, 11) is 0. The van der Waals surface area contributed by atoms with Crippen LogP contribution in [0, 0.1) is 0 Å². The number of hydrogen-bond acceptors (Lipinski definition) is 4. The summed E-state index contributed by atoms with van der Waals surface area (Å²) in [4.78, 5) is 16.2. The maximum absolute atomic E-state index is 11.7. The van der Waals surface area contributed by atoms with Gasteiger partial charge in [0.05, 0.1) is 16.3 Å². The zero-order chi connectivity index (χ0) is 13.8. The number of rotatable bonds is 4. The number of nitrogens with one attached hydrogen (secondary N) is 1. The van der Waals surface area contributed by atoms with E-state index in [1.54, 1.807) is 17.4 Å². The number of thiazole rings is 1. The Hall–Kier alpha value is -1.72. The van der Waals surface area contributed by atoms with Crippen molar-refractivity contribution in [3.8, 4) is 0 Å². The van der Waals surface area contributed by atoms with E-state index in [1.165, 1.54) is 6.08 Å². The van der Waals surface area contributed by atoms with Gasteiger partial charge < -0.3 is 10.1 Å². The molecule has 0 saturated carbocycles. The Morgan fingerprint density at radius 3 is 3.20 bits per heavy atom. The molecule has 1 saturated heterocycles. The molecule has 1 amide bonds. The van der Waals surface area contributed by atoms with Gasteiger partial charge in [-0.2, -0.15) is 0 Å². The molecule has 0 spiro atoms. The highest BCUT2D eigenvalue weighted by Crippen LogP contribution is 2.22. The highest BCUT2D eigenvalue weighted by molar-refractivity contribution is 7.19. The van der Waals surface area contributed by atoms with Crippen LogP contribution in [0.15, 0.2) is 30.3 Å². The number of carbonyl (C=O) groups excluding carboxylic acids is 1. The second-order valence-corrected chi connectivity index (χ2v) is 5.80. The summed E-state index contributed by atoms with van der Waals surface area (Å²) in [6.07, 6.45) is 5.58. The van der Waals surface area contributed by atoms with E-state index >= 15 is 0 Å². The fraction of sp³-hybridized carbons (Fsp3) is 0.333. The second kappa shape index (κ2) is 6.15. The molecule has 1 atom stereocenters. The van der Waals surface area contributed by atoms with Gasteiger partial charge in [-0.05, 0) is 31.1 Å². The van der Waals surface area contributed by atoms with E-state index in [0.29, 0.717) is 6.54 Å². The number of carbonyl (C=O) groups is 1. The predicted octanol–water partition coefficient (Wildman–Crippen LogP) is 2.60. The van der Waals surface area contributed by atoms with Gasteiger partial charge in [0, 0.05) is 19.2 Å². The molecule has 4 nitrogen and oxygen atoms in total. The first-order valence-electron chi connectivity index (χ1n) is 6.74.